The van der Waals surface area contributed by atoms with Gasteiger partial charge >= 0.3 is 0 Å². The average Bonchev–Trinajstić information content (AvgIpc) is 2.61. The van der Waals surface area contributed by atoms with Gasteiger partial charge in [0.25, 0.3) is 0 Å². The Labute approximate surface area is 125 Å². The first-order valence-electron chi connectivity index (χ1n) is 6.69. The van der Waals surface area contributed by atoms with E-state index >= 15 is 0 Å². The second kappa shape index (κ2) is 5.23. The number of benzene rings is 1. The summed E-state index contributed by atoms with van der Waals surface area (Å²) in [6.07, 6.45) is 5.73. The third kappa shape index (κ3) is 2.30. The fourth-order valence-corrected chi connectivity index (χ4v) is 3.62. The van der Waals surface area contributed by atoms with Crippen LogP contribution in [0.1, 0.15) is 30.5 Å². The highest BCUT2D eigenvalue weighted by Crippen LogP contribution is 2.34. The van der Waals surface area contributed by atoms with Crippen LogP contribution >= 0.6 is 22.6 Å². The maximum atomic E-state index is 13.7. The molecule has 0 unspecified atom stereocenters. The van der Waals surface area contributed by atoms with Gasteiger partial charge in [-0.3, -0.25) is 4.98 Å². The maximum Gasteiger partial charge on any atom is 0.125 e. The molecule has 0 saturated heterocycles. The second-order valence-electron chi connectivity index (χ2n) is 5.01. The van der Waals surface area contributed by atoms with E-state index in [0.717, 1.165) is 33.0 Å². The molecule has 0 bridgehead atoms. The van der Waals surface area contributed by atoms with Crippen molar-refractivity contribution in [3.63, 3.8) is 0 Å². The van der Waals surface area contributed by atoms with Crippen LogP contribution in [0.2, 0.25) is 0 Å². The third-order valence-corrected chi connectivity index (χ3v) is 4.61. The zero-order valence-electron chi connectivity index (χ0n) is 10.9. The quantitative estimate of drug-likeness (QED) is 0.599. The molecule has 0 radical (unpaired) electrons. The molecule has 1 aliphatic rings. The molecule has 2 aromatic rings. The van der Waals surface area contributed by atoms with Crippen molar-refractivity contribution in [3.05, 3.63) is 32.8 Å². The highest BCUT2D eigenvalue weighted by molar-refractivity contribution is 14.1. The molecular weight excluding hydrogens is 354 g/mol. The number of aromatic nitrogens is 1. The summed E-state index contributed by atoms with van der Waals surface area (Å²) < 4.78 is 14.6. The van der Waals surface area contributed by atoms with Crippen LogP contribution in [0.25, 0.3) is 10.9 Å². The van der Waals surface area contributed by atoms with Crippen LogP contribution in [0.3, 0.4) is 0 Å². The normalized spacial score (nSPS) is 15.1. The Morgan fingerprint density at radius 1 is 1.21 bits per heavy atom. The van der Waals surface area contributed by atoms with Crippen molar-refractivity contribution < 1.29 is 4.39 Å². The summed E-state index contributed by atoms with van der Waals surface area (Å²) in [5, 5.41) is 4.18. The van der Waals surface area contributed by atoms with Gasteiger partial charge in [-0.15, -0.1) is 0 Å². The molecule has 0 amide bonds. The van der Waals surface area contributed by atoms with Gasteiger partial charge in [-0.1, -0.05) is 6.42 Å². The van der Waals surface area contributed by atoms with Crippen LogP contribution in [-0.4, -0.2) is 12.0 Å². The van der Waals surface area contributed by atoms with E-state index in [4.69, 9.17) is 4.98 Å². The molecule has 0 saturated carbocycles. The minimum Gasteiger partial charge on any atom is -0.387 e. The number of nitrogens with one attached hydrogen (secondary N) is 1. The molecule has 4 heteroatoms. The Hall–Kier alpha value is -0.910. The largest absolute Gasteiger partial charge is 0.387 e. The van der Waals surface area contributed by atoms with E-state index < -0.39 is 0 Å². The number of aryl methyl sites for hydroxylation is 1. The van der Waals surface area contributed by atoms with Gasteiger partial charge < -0.3 is 5.32 Å². The maximum absolute atomic E-state index is 13.7. The molecule has 1 aromatic heterocycles. The lowest BCUT2D eigenvalue weighted by molar-refractivity contribution is 0.628. The van der Waals surface area contributed by atoms with Gasteiger partial charge in [-0.05, 0) is 66.0 Å². The van der Waals surface area contributed by atoms with Crippen molar-refractivity contribution in [1.82, 2.24) is 4.98 Å². The van der Waals surface area contributed by atoms with E-state index in [-0.39, 0.29) is 5.82 Å². The molecule has 3 rings (SSSR count). The van der Waals surface area contributed by atoms with Gasteiger partial charge in [0, 0.05) is 27.4 Å². The Kier molecular flexibility index (Phi) is 3.60. The van der Waals surface area contributed by atoms with E-state index in [1.165, 1.54) is 30.5 Å². The summed E-state index contributed by atoms with van der Waals surface area (Å²) in [6, 6.07) is 3.15. The molecule has 19 heavy (non-hydrogen) atoms. The van der Waals surface area contributed by atoms with E-state index in [2.05, 4.69) is 27.9 Å². The van der Waals surface area contributed by atoms with Crippen molar-refractivity contribution in [3.8, 4) is 0 Å². The van der Waals surface area contributed by atoms with Crippen LogP contribution in [0.15, 0.2) is 12.1 Å². The minimum atomic E-state index is -0.191. The highest BCUT2D eigenvalue weighted by Gasteiger charge is 2.18. The number of rotatable bonds is 1. The molecular formula is C15H16FIN2. The fourth-order valence-electron chi connectivity index (χ4n) is 2.91. The number of hydrogen-bond donors (Lipinski definition) is 1. The summed E-state index contributed by atoms with van der Waals surface area (Å²) in [5.74, 6) is -0.191. The Balaban J connectivity index is 2.36. The lowest BCUT2D eigenvalue weighted by Gasteiger charge is -2.16. The van der Waals surface area contributed by atoms with Crippen molar-refractivity contribution in [2.45, 2.75) is 32.1 Å². The van der Waals surface area contributed by atoms with E-state index in [1.807, 2.05) is 7.05 Å². The molecule has 0 aliphatic heterocycles. The predicted octanol–water partition coefficient (Wildman–Crippen LogP) is 4.29. The first kappa shape index (κ1) is 13.1. The molecule has 100 valence electrons. The number of anilines is 1. The fraction of sp³-hybridized carbons (Fsp3) is 0.400. The monoisotopic (exact) mass is 370 g/mol. The minimum absolute atomic E-state index is 0.191. The smallest absolute Gasteiger partial charge is 0.125 e. The van der Waals surface area contributed by atoms with E-state index in [1.54, 1.807) is 12.1 Å². The number of halogens is 2. The molecule has 1 aliphatic carbocycles. The summed E-state index contributed by atoms with van der Waals surface area (Å²) >= 11 is 2.17. The summed E-state index contributed by atoms with van der Waals surface area (Å²) in [5.41, 5.74) is 4.47. The summed E-state index contributed by atoms with van der Waals surface area (Å²) in [7, 11) is 1.91. The van der Waals surface area contributed by atoms with Crippen LogP contribution in [0.5, 0.6) is 0 Å². The van der Waals surface area contributed by atoms with Gasteiger partial charge in [-0.25, -0.2) is 4.39 Å². The van der Waals surface area contributed by atoms with Crippen LogP contribution in [-0.2, 0) is 12.8 Å². The van der Waals surface area contributed by atoms with Crippen LogP contribution in [0, 0.1) is 9.39 Å². The van der Waals surface area contributed by atoms with Crippen molar-refractivity contribution >= 4 is 39.2 Å². The van der Waals surface area contributed by atoms with Gasteiger partial charge in [0.15, 0.2) is 0 Å². The summed E-state index contributed by atoms with van der Waals surface area (Å²) in [6.45, 7) is 0. The van der Waals surface area contributed by atoms with Gasteiger partial charge in [0.1, 0.15) is 5.82 Å². The van der Waals surface area contributed by atoms with E-state index in [0.29, 0.717) is 0 Å². The number of nitrogens with zero attached hydrogens (tertiary/aromatic N) is 1. The molecule has 0 fully saturated rings. The Morgan fingerprint density at radius 3 is 2.79 bits per heavy atom. The number of pyridine rings is 1. The lowest BCUT2D eigenvalue weighted by atomic mass is 10.0. The first-order valence-corrected chi connectivity index (χ1v) is 7.77. The average molecular weight is 370 g/mol. The molecule has 1 heterocycles. The predicted molar refractivity (Wildman–Crippen MR) is 85.2 cm³/mol. The molecule has 1 N–H and O–H groups in total. The number of fused-ring (bicyclic) bond motifs is 2. The van der Waals surface area contributed by atoms with Crippen LogP contribution < -0.4 is 5.32 Å². The van der Waals surface area contributed by atoms with Crippen molar-refractivity contribution in [2.75, 3.05) is 12.4 Å². The highest BCUT2D eigenvalue weighted by atomic mass is 127. The number of hydrogen-bond acceptors (Lipinski definition) is 2. The third-order valence-electron chi connectivity index (χ3n) is 3.78. The van der Waals surface area contributed by atoms with Crippen molar-refractivity contribution in [2.24, 2.45) is 0 Å². The topological polar surface area (TPSA) is 24.9 Å². The van der Waals surface area contributed by atoms with Crippen molar-refractivity contribution in [1.29, 1.82) is 0 Å². The Bertz CT molecular complexity index is 640. The molecule has 1 aromatic carbocycles. The summed E-state index contributed by atoms with van der Waals surface area (Å²) in [4.78, 5) is 4.81. The van der Waals surface area contributed by atoms with E-state index in [9.17, 15) is 4.39 Å². The SMILES string of the molecule is CNc1c2c(nc3c(I)cc(F)cc13)CCCCC2. The van der Waals surface area contributed by atoms with Gasteiger partial charge in [-0.2, -0.15) is 0 Å². The standard InChI is InChI=1S/C15H16FIN2/c1-18-14-10-5-3-2-4-6-13(10)19-15-11(14)7-9(16)8-12(15)17/h7-8H,2-6H2,1H3,(H,18,19). The van der Waals surface area contributed by atoms with Crippen LogP contribution in [0.4, 0.5) is 10.1 Å². The Morgan fingerprint density at radius 2 is 2.00 bits per heavy atom. The first-order chi connectivity index (χ1) is 9.20. The second-order valence-corrected chi connectivity index (χ2v) is 6.17. The molecule has 0 spiro atoms. The lowest BCUT2D eigenvalue weighted by Crippen LogP contribution is -2.04. The molecule has 2 nitrogen and oxygen atoms in total. The zero-order valence-corrected chi connectivity index (χ0v) is 13.1. The molecule has 0 atom stereocenters. The van der Waals surface area contributed by atoms with Gasteiger partial charge in [0.2, 0.25) is 0 Å². The van der Waals surface area contributed by atoms with Gasteiger partial charge in [0.05, 0.1) is 5.52 Å². The zero-order chi connectivity index (χ0) is 13.4.